The molecule has 0 spiro atoms. The fourth-order valence-electron chi connectivity index (χ4n) is 2.85. The van der Waals surface area contributed by atoms with Gasteiger partial charge in [0.15, 0.2) is 9.84 Å². The first kappa shape index (κ1) is 21.9. The van der Waals surface area contributed by atoms with E-state index in [1.165, 1.54) is 0 Å². The van der Waals surface area contributed by atoms with Gasteiger partial charge in [0.1, 0.15) is 6.10 Å². The predicted octanol–water partition coefficient (Wildman–Crippen LogP) is 0.159. The molecule has 1 aliphatic carbocycles. The Morgan fingerprint density at radius 2 is 2.00 bits per heavy atom. The zero-order valence-corrected chi connectivity index (χ0v) is 16.9. The van der Waals surface area contributed by atoms with Crippen LogP contribution in [0.15, 0.2) is 34.9 Å². The third-order valence-electron chi connectivity index (χ3n) is 4.57. The van der Waals surface area contributed by atoms with Crippen LogP contribution in [0.25, 0.3) is 11.5 Å². The number of nitrogens with one attached hydrogen (secondary N) is 1. The second-order valence-electron chi connectivity index (χ2n) is 7.28. The van der Waals surface area contributed by atoms with Crippen molar-refractivity contribution in [3.05, 3.63) is 42.6 Å². The highest BCUT2D eigenvalue weighted by Crippen LogP contribution is 2.30. The Morgan fingerprint density at radius 1 is 1.30 bits per heavy atom. The van der Waals surface area contributed by atoms with Crippen LogP contribution >= 0.6 is 0 Å². The van der Waals surface area contributed by atoms with Crippen molar-refractivity contribution in [2.45, 2.75) is 31.4 Å². The van der Waals surface area contributed by atoms with Crippen LogP contribution in [0.4, 0.5) is 0 Å². The number of nitrogens with two attached hydrogens (primary N) is 1. The first-order valence-electron chi connectivity index (χ1n) is 9.43. The molecule has 2 amide bonds. The fraction of sp³-hybridized carbons (Fsp3) is 0.421. The molecule has 2 unspecified atom stereocenters. The minimum atomic E-state index is -3.38. The van der Waals surface area contributed by atoms with Crippen LogP contribution < -0.4 is 11.1 Å². The molecule has 1 aromatic heterocycles. The molecule has 0 bridgehead atoms. The van der Waals surface area contributed by atoms with E-state index in [0.29, 0.717) is 5.56 Å². The third kappa shape index (κ3) is 6.36. The van der Waals surface area contributed by atoms with Crippen LogP contribution in [0, 0.1) is 12.3 Å². The largest absolute Gasteiger partial charge is 0.383 e. The average Bonchev–Trinajstić information content (AvgIpc) is 3.36. The zero-order valence-electron chi connectivity index (χ0n) is 16.1. The molecule has 1 radical (unpaired) electrons. The van der Waals surface area contributed by atoms with Crippen molar-refractivity contribution in [1.29, 1.82) is 0 Å². The van der Waals surface area contributed by atoms with Crippen molar-refractivity contribution in [3.8, 4) is 11.5 Å². The van der Waals surface area contributed by atoms with Crippen LogP contribution in [0.3, 0.4) is 0 Å². The van der Waals surface area contributed by atoms with E-state index in [1.54, 1.807) is 24.3 Å². The summed E-state index contributed by atoms with van der Waals surface area (Å²) in [4.78, 5) is 27.7. The van der Waals surface area contributed by atoms with E-state index in [0.717, 1.165) is 19.3 Å². The standard InChI is InChI=1S/C19H23N4O6S/c20-15(24)10-14(21-16(25)8-9-30(27,28)11-12-6-7-12)17(26)18-22-19(29-23-18)13-4-2-1-3-5-13/h1-5,8,12,14,17,26H,6-7,9-11H2,(H2,20,24)(H,21,25). The maximum Gasteiger partial charge on any atom is 0.258 e. The number of carbonyl (C=O) groups excluding carboxylic acids is 2. The second kappa shape index (κ2) is 9.35. The molecule has 1 aromatic carbocycles. The van der Waals surface area contributed by atoms with E-state index in [9.17, 15) is 23.1 Å². The molecule has 1 heterocycles. The lowest BCUT2D eigenvalue weighted by Gasteiger charge is -2.20. The maximum absolute atomic E-state index is 12.2. The topological polar surface area (TPSA) is 165 Å². The summed E-state index contributed by atoms with van der Waals surface area (Å²) in [6, 6.07) is 7.69. The van der Waals surface area contributed by atoms with E-state index in [1.807, 2.05) is 6.07 Å². The van der Waals surface area contributed by atoms with E-state index in [4.69, 9.17) is 10.3 Å². The minimum Gasteiger partial charge on any atom is -0.383 e. The molecule has 2 aromatic rings. The van der Waals surface area contributed by atoms with Crippen molar-refractivity contribution in [2.24, 2.45) is 11.7 Å². The first-order valence-corrected chi connectivity index (χ1v) is 11.2. The van der Waals surface area contributed by atoms with E-state index < -0.39 is 46.0 Å². The lowest BCUT2D eigenvalue weighted by atomic mass is 10.1. The molecule has 11 heteroatoms. The van der Waals surface area contributed by atoms with Crippen molar-refractivity contribution >= 4 is 21.7 Å². The number of nitrogens with zero attached hydrogens (tertiary/aromatic N) is 2. The van der Waals surface area contributed by atoms with Gasteiger partial charge >= 0.3 is 0 Å². The number of aromatic nitrogens is 2. The molecular weight excluding hydrogens is 412 g/mol. The normalized spacial score (nSPS) is 16.0. The van der Waals surface area contributed by atoms with Crippen molar-refractivity contribution in [3.63, 3.8) is 0 Å². The predicted molar refractivity (Wildman–Crippen MR) is 106 cm³/mol. The summed E-state index contributed by atoms with van der Waals surface area (Å²) < 4.78 is 29.1. The van der Waals surface area contributed by atoms with Gasteiger partial charge in [-0.05, 0) is 30.9 Å². The summed E-state index contributed by atoms with van der Waals surface area (Å²) in [7, 11) is -3.38. The zero-order chi connectivity index (χ0) is 21.7. The number of sulfone groups is 1. The molecule has 2 atom stereocenters. The van der Waals surface area contributed by atoms with Crippen molar-refractivity contribution in [1.82, 2.24) is 15.5 Å². The van der Waals surface area contributed by atoms with E-state index in [2.05, 4.69) is 15.5 Å². The van der Waals surface area contributed by atoms with Gasteiger partial charge < -0.3 is 20.7 Å². The number of amides is 2. The minimum absolute atomic E-state index is 0.0508. The molecule has 1 aliphatic rings. The van der Waals surface area contributed by atoms with Crippen LogP contribution in [-0.4, -0.2) is 53.0 Å². The average molecular weight is 435 g/mol. The van der Waals surface area contributed by atoms with Crippen molar-refractivity contribution < 1.29 is 27.6 Å². The molecule has 3 rings (SSSR count). The van der Waals surface area contributed by atoms with Crippen molar-refractivity contribution in [2.75, 3.05) is 11.5 Å². The quantitative estimate of drug-likeness (QED) is 0.449. The second-order valence-corrected chi connectivity index (χ2v) is 9.43. The lowest BCUT2D eigenvalue weighted by molar-refractivity contribution is -0.121. The molecule has 4 N–H and O–H groups in total. The van der Waals surface area contributed by atoms with Crippen LogP contribution in [-0.2, 0) is 19.4 Å². The number of primary amides is 1. The SMILES string of the molecule is NC(=O)CC(NC(=O)[CH]CS(=O)(=O)CC1CC1)C(O)c1noc(-c2ccccc2)n1. The Balaban J connectivity index is 1.63. The summed E-state index contributed by atoms with van der Waals surface area (Å²) >= 11 is 0. The Hall–Kier alpha value is -2.79. The highest BCUT2D eigenvalue weighted by molar-refractivity contribution is 7.91. The highest BCUT2D eigenvalue weighted by Gasteiger charge is 2.31. The molecule has 1 fully saturated rings. The Bertz CT molecular complexity index is 987. The van der Waals surface area contributed by atoms with E-state index >= 15 is 0 Å². The highest BCUT2D eigenvalue weighted by atomic mass is 32.2. The summed E-state index contributed by atoms with van der Waals surface area (Å²) in [5.74, 6) is -1.69. The number of hydrogen-bond acceptors (Lipinski definition) is 8. The fourth-order valence-corrected chi connectivity index (χ4v) is 4.44. The monoisotopic (exact) mass is 435 g/mol. The molecular formula is C19H23N4O6S. The first-order chi connectivity index (χ1) is 14.2. The van der Waals surface area contributed by atoms with Gasteiger partial charge in [-0.3, -0.25) is 9.59 Å². The van der Waals surface area contributed by atoms with Gasteiger partial charge in [-0.25, -0.2) is 8.42 Å². The number of hydrogen-bond donors (Lipinski definition) is 3. The number of aliphatic hydroxyl groups excluding tert-OH is 1. The van der Waals surface area contributed by atoms with Gasteiger partial charge in [-0.15, -0.1) is 0 Å². The van der Waals surface area contributed by atoms with Crippen LogP contribution in [0.5, 0.6) is 0 Å². The molecule has 1 saturated carbocycles. The molecule has 0 aliphatic heterocycles. The molecule has 10 nitrogen and oxygen atoms in total. The van der Waals surface area contributed by atoms with Gasteiger partial charge in [-0.2, -0.15) is 4.98 Å². The van der Waals surface area contributed by atoms with Gasteiger partial charge in [-0.1, -0.05) is 23.4 Å². The summed E-state index contributed by atoms with van der Waals surface area (Å²) in [6.07, 6.45) is 0.857. The summed E-state index contributed by atoms with van der Waals surface area (Å²) in [6.45, 7) is 0. The molecule has 30 heavy (non-hydrogen) atoms. The third-order valence-corrected chi connectivity index (χ3v) is 6.22. The van der Waals surface area contributed by atoms with Gasteiger partial charge in [0.05, 0.1) is 24.0 Å². The van der Waals surface area contributed by atoms with Gasteiger partial charge in [0.25, 0.3) is 5.89 Å². The number of rotatable bonds is 11. The Morgan fingerprint density at radius 3 is 2.63 bits per heavy atom. The number of benzene rings is 1. The summed E-state index contributed by atoms with van der Waals surface area (Å²) in [5, 5.41) is 16.7. The van der Waals surface area contributed by atoms with E-state index in [-0.39, 0.29) is 23.4 Å². The summed E-state index contributed by atoms with van der Waals surface area (Å²) in [5.41, 5.74) is 5.85. The van der Waals surface area contributed by atoms with Gasteiger partial charge in [0, 0.05) is 12.0 Å². The Labute approximate surface area is 173 Å². The maximum atomic E-state index is 12.2. The van der Waals surface area contributed by atoms with Crippen LogP contribution in [0.2, 0.25) is 0 Å². The number of carbonyl (C=O) groups is 2. The molecule has 0 saturated heterocycles. The van der Waals surface area contributed by atoms with Gasteiger partial charge in [0.2, 0.25) is 17.6 Å². The molecule has 161 valence electrons. The van der Waals surface area contributed by atoms with Crippen LogP contribution in [0.1, 0.15) is 31.2 Å². The lowest BCUT2D eigenvalue weighted by Crippen LogP contribution is -2.43. The number of aliphatic hydroxyl groups is 1. The Kier molecular flexibility index (Phi) is 6.83. The smallest absolute Gasteiger partial charge is 0.258 e.